The third kappa shape index (κ3) is 1.17. The normalized spacial score (nSPS) is 10.2. The summed E-state index contributed by atoms with van der Waals surface area (Å²) in [7, 11) is 0. The van der Waals surface area contributed by atoms with Gasteiger partial charge < -0.3 is 5.11 Å². The first-order valence-corrected chi connectivity index (χ1v) is 4.89. The van der Waals surface area contributed by atoms with E-state index in [2.05, 4.69) is 12.6 Å². The highest BCUT2D eigenvalue weighted by molar-refractivity contribution is 7.80. The fraction of sp³-hybridized carbons (Fsp3) is 0. The average Bonchev–Trinajstić information content (AvgIpc) is 2.56. The molecule has 0 fully saturated rings. The van der Waals surface area contributed by atoms with Crippen LogP contribution in [0.3, 0.4) is 0 Å². The van der Waals surface area contributed by atoms with E-state index >= 15 is 0 Å². The van der Waals surface area contributed by atoms with Gasteiger partial charge in [-0.25, -0.2) is 0 Å². The molecule has 0 saturated heterocycles. The van der Waals surface area contributed by atoms with E-state index in [1.165, 1.54) is 11.3 Å². The minimum absolute atomic E-state index is 0.144. The number of phenols is 1. The number of thiol groups is 1. The van der Waals surface area contributed by atoms with Gasteiger partial charge in [0, 0.05) is 10.3 Å². The molecular weight excluding hydrogens is 202 g/mol. The first kappa shape index (κ1) is 8.42. The van der Waals surface area contributed by atoms with Gasteiger partial charge >= 0.3 is 0 Å². The number of rotatable bonds is 0. The Balaban J connectivity index is 2.98. The Morgan fingerprint density at radius 3 is 2.92 bits per heavy atom. The molecule has 0 aliphatic carbocycles. The molecule has 0 atom stereocenters. The van der Waals surface area contributed by atoms with Crippen molar-refractivity contribution in [3.63, 3.8) is 0 Å². The Bertz CT molecular complexity index is 510. The first-order chi connectivity index (χ1) is 6.24. The molecule has 0 spiro atoms. The van der Waals surface area contributed by atoms with Gasteiger partial charge in [0.2, 0.25) is 0 Å². The molecule has 0 aliphatic heterocycles. The molecule has 64 valence electrons. The van der Waals surface area contributed by atoms with E-state index in [4.69, 9.17) is 5.26 Å². The molecule has 0 aliphatic rings. The summed E-state index contributed by atoms with van der Waals surface area (Å²) in [5, 5.41) is 20.6. The monoisotopic (exact) mass is 207 g/mol. The molecule has 0 amide bonds. The molecule has 0 radical (unpaired) electrons. The highest BCUT2D eigenvalue weighted by atomic mass is 32.1. The quantitative estimate of drug-likeness (QED) is 0.652. The van der Waals surface area contributed by atoms with Crippen LogP contribution in [-0.4, -0.2) is 5.11 Å². The lowest BCUT2D eigenvalue weighted by molar-refractivity contribution is 0.481. The summed E-state index contributed by atoms with van der Waals surface area (Å²) in [5.74, 6) is 0.144. The summed E-state index contributed by atoms with van der Waals surface area (Å²) in [4.78, 5) is 0.791. The van der Waals surface area contributed by atoms with Gasteiger partial charge in [0.15, 0.2) is 0 Å². The summed E-state index contributed by atoms with van der Waals surface area (Å²) >= 11 is 5.66. The maximum atomic E-state index is 9.52. The molecule has 2 nitrogen and oxygen atoms in total. The minimum Gasteiger partial charge on any atom is -0.507 e. The number of phenolic OH excluding ortho intramolecular Hbond substituents is 1. The number of fused-ring (bicyclic) bond motifs is 1. The average molecular weight is 207 g/mol. The van der Waals surface area contributed by atoms with Crippen molar-refractivity contribution in [3.8, 4) is 11.8 Å². The van der Waals surface area contributed by atoms with Gasteiger partial charge in [-0.05, 0) is 12.1 Å². The number of aromatic hydroxyl groups is 1. The molecule has 1 aromatic heterocycles. The Hall–Kier alpha value is -1.18. The standard InChI is InChI=1S/C9H5NOS2/c10-3-5-4-13-9-7(12)2-1-6(11)8(5)9/h1-2,4,11-12H. The maximum absolute atomic E-state index is 9.52. The fourth-order valence-electron chi connectivity index (χ4n) is 1.20. The van der Waals surface area contributed by atoms with Crippen LogP contribution in [0.25, 0.3) is 10.1 Å². The van der Waals surface area contributed by atoms with Crippen LogP contribution in [-0.2, 0) is 0 Å². The van der Waals surface area contributed by atoms with Crippen LogP contribution < -0.4 is 0 Å². The summed E-state index contributed by atoms with van der Waals surface area (Å²) in [6.45, 7) is 0. The third-order valence-corrected chi connectivity index (χ3v) is 3.34. The molecule has 0 bridgehead atoms. The number of benzene rings is 1. The molecule has 0 saturated carbocycles. The van der Waals surface area contributed by atoms with Gasteiger partial charge in [-0.1, -0.05) is 0 Å². The maximum Gasteiger partial charge on any atom is 0.125 e. The van der Waals surface area contributed by atoms with E-state index in [-0.39, 0.29) is 5.75 Å². The van der Waals surface area contributed by atoms with Gasteiger partial charge in [0.1, 0.15) is 11.8 Å². The highest BCUT2D eigenvalue weighted by Crippen LogP contribution is 2.36. The van der Waals surface area contributed by atoms with E-state index in [0.717, 1.165) is 9.60 Å². The van der Waals surface area contributed by atoms with Gasteiger partial charge in [-0.2, -0.15) is 5.26 Å². The predicted octanol–water partition coefficient (Wildman–Crippen LogP) is 2.77. The summed E-state index contributed by atoms with van der Waals surface area (Å²) in [5.41, 5.74) is 0.508. The minimum atomic E-state index is 0.144. The Morgan fingerprint density at radius 2 is 2.23 bits per heavy atom. The summed E-state index contributed by atoms with van der Waals surface area (Å²) < 4.78 is 0.861. The number of hydrogen-bond donors (Lipinski definition) is 2. The zero-order chi connectivity index (χ0) is 9.42. The SMILES string of the molecule is N#Cc1csc2c(S)ccc(O)c12. The molecule has 13 heavy (non-hydrogen) atoms. The third-order valence-electron chi connectivity index (χ3n) is 1.80. The number of nitriles is 1. The van der Waals surface area contributed by atoms with Crippen LogP contribution in [0.2, 0.25) is 0 Å². The lowest BCUT2D eigenvalue weighted by atomic mass is 10.2. The molecule has 2 rings (SSSR count). The van der Waals surface area contributed by atoms with Crippen molar-refractivity contribution >= 4 is 34.1 Å². The van der Waals surface area contributed by atoms with Gasteiger partial charge in [-0.15, -0.1) is 24.0 Å². The topological polar surface area (TPSA) is 44.0 Å². The van der Waals surface area contributed by atoms with Crippen LogP contribution in [0.1, 0.15) is 5.56 Å². The van der Waals surface area contributed by atoms with Crippen molar-refractivity contribution in [1.29, 1.82) is 5.26 Å². The van der Waals surface area contributed by atoms with Crippen LogP contribution in [0.15, 0.2) is 22.4 Å². The smallest absolute Gasteiger partial charge is 0.125 e. The molecular formula is C9H5NOS2. The first-order valence-electron chi connectivity index (χ1n) is 3.56. The molecule has 1 heterocycles. The number of hydrogen-bond acceptors (Lipinski definition) is 4. The second kappa shape index (κ2) is 2.95. The Kier molecular flexibility index (Phi) is 1.91. The van der Waals surface area contributed by atoms with Gasteiger partial charge in [-0.3, -0.25) is 0 Å². The molecule has 0 unspecified atom stereocenters. The Labute approximate surface area is 84.5 Å². The largest absolute Gasteiger partial charge is 0.507 e. The van der Waals surface area contributed by atoms with Crippen LogP contribution >= 0.6 is 24.0 Å². The second-order valence-corrected chi connectivity index (χ2v) is 3.93. The summed E-state index contributed by atoms with van der Waals surface area (Å²) in [6, 6.07) is 5.31. The predicted molar refractivity (Wildman–Crippen MR) is 55.5 cm³/mol. The molecule has 2 aromatic rings. The second-order valence-electron chi connectivity index (χ2n) is 2.57. The zero-order valence-corrected chi connectivity index (χ0v) is 8.19. The summed E-state index contributed by atoms with van der Waals surface area (Å²) in [6.07, 6.45) is 0. The highest BCUT2D eigenvalue weighted by Gasteiger charge is 2.09. The van der Waals surface area contributed by atoms with Crippen LogP contribution in [0.5, 0.6) is 5.75 Å². The van der Waals surface area contributed by atoms with Crippen molar-refractivity contribution in [1.82, 2.24) is 0 Å². The van der Waals surface area contributed by atoms with Crippen LogP contribution in [0.4, 0.5) is 0 Å². The van der Waals surface area contributed by atoms with Crippen molar-refractivity contribution in [2.45, 2.75) is 4.90 Å². The number of thiophene rings is 1. The fourth-order valence-corrected chi connectivity index (χ4v) is 2.47. The van der Waals surface area contributed by atoms with Crippen molar-refractivity contribution in [2.75, 3.05) is 0 Å². The van der Waals surface area contributed by atoms with E-state index in [1.54, 1.807) is 17.5 Å². The van der Waals surface area contributed by atoms with Gasteiger partial charge in [0.05, 0.1) is 15.6 Å². The van der Waals surface area contributed by atoms with E-state index in [1.807, 2.05) is 6.07 Å². The van der Waals surface area contributed by atoms with E-state index in [9.17, 15) is 5.11 Å². The van der Waals surface area contributed by atoms with Crippen molar-refractivity contribution in [3.05, 3.63) is 23.1 Å². The van der Waals surface area contributed by atoms with Crippen molar-refractivity contribution in [2.24, 2.45) is 0 Å². The lowest BCUT2D eigenvalue weighted by Crippen LogP contribution is -1.73. The van der Waals surface area contributed by atoms with Crippen LogP contribution in [0, 0.1) is 11.3 Å². The molecule has 4 heteroatoms. The van der Waals surface area contributed by atoms with E-state index in [0.29, 0.717) is 10.9 Å². The number of nitrogens with zero attached hydrogens (tertiary/aromatic N) is 1. The lowest BCUT2D eigenvalue weighted by Gasteiger charge is -1.97. The molecule has 1 aromatic carbocycles. The zero-order valence-electron chi connectivity index (χ0n) is 6.48. The molecule has 1 N–H and O–H groups in total. The Morgan fingerprint density at radius 1 is 1.46 bits per heavy atom. The van der Waals surface area contributed by atoms with Crippen molar-refractivity contribution < 1.29 is 5.11 Å². The van der Waals surface area contributed by atoms with E-state index < -0.39 is 0 Å². The van der Waals surface area contributed by atoms with Gasteiger partial charge in [0.25, 0.3) is 0 Å².